The van der Waals surface area contributed by atoms with Crippen LogP contribution in [-0.4, -0.2) is 13.4 Å². The van der Waals surface area contributed by atoms with Gasteiger partial charge in [-0.25, -0.2) is 0 Å². The maximum absolute atomic E-state index is 5.90. The molecule has 1 aliphatic carbocycles. The van der Waals surface area contributed by atoms with Gasteiger partial charge in [0, 0.05) is 0 Å². The summed E-state index contributed by atoms with van der Waals surface area (Å²) in [6.45, 7) is 1.10. The average molecular weight is 213 g/mol. The highest BCUT2D eigenvalue weighted by Crippen LogP contribution is 2.29. The molecule has 2 rings (SSSR count). The number of halogens is 1. The molecule has 76 valence electrons. The summed E-state index contributed by atoms with van der Waals surface area (Å²) in [4.78, 5) is 0. The van der Waals surface area contributed by atoms with Crippen LogP contribution in [0, 0.1) is 5.92 Å². The predicted octanol–water partition coefficient (Wildman–Crippen LogP) is 3.10. The topological polar surface area (TPSA) is 18.5 Å². The standard InChI is InChI=1S/C11H13ClO2/c12-10-3-1-2-4-11(10)14-8-13-7-9-5-6-9/h1-4,9H,5-8H2. The van der Waals surface area contributed by atoms with Crippen LogP contribution in [0.2, 0.25) is 5.02 Å². The molecule has 14 heavy (non-hydrogen) atoms. The van der Waals surface area contributed by atoms with Gasteiger partial charge in [0.05, 0.1) is 11.6 Å². The minimum atomic E-state index is 0.292. The van der Waals surface area contributed by atoms with E-state index in [1.165, 1.54) is 12.8 Å². The van der Waals surface area contributed by atoms with Crippen molar-refractivity contribution in [2.24, 2.45) is 5.92 Å². The van der Waals surface area contributed by atoms with Crippen molar-refractivity contribution in [3.63, 3.8) is 0 Å². The quantitative estimate of drug-likeness (QED) is 0.552. The van der Waals surface area contributed by atoms with E-state index in [4.69, 9.17) is 21.1 Å². The smallest absolute Gasteiger partial charge is 0.189 e. The molecule has 1 aromatic carbocycles. The van der Waals surface area contributed by atoms with E-state index in [1.54, 1.807) is 6.07 Å². The molecular weight excluding hydrogens is 200 g/mol. The van der Waals surface area contributed by atoms with Crippen LogP contribution in [0.4, 0.5) is 0 Å². The van der Waals surface area contributed by atoms with Gasteiger partial charge in [-0.1, -0.05) is 23.7 Å². The highest BCUT2D eigenvalue weighted by molar-refractivity contribution is 6.32. The van der Waals surface area contributed by atoms with Gasteiger partial charge in [0.1, 0.15) is 5.75 Å². The summed E-state index contributed by atoms with van der Waals surface area (Å²) in [7, 11) is 0. The van der Waals surface area contributed by atoms with Gasteiger partial charge in [-0.3, -0.25) is 0 Å². The van der Waals surface area contributed by atoms with Crippen LogP contribution in [0.25, 0.3) is 0 Å². The van der Waals surface area contributed by atoms with E-state index in [9.17, 15) is 0 Å². The van der Waals surface area contributed by atoms with Gasteiger partial charge in [-0.15, -0.1) is 0 Å². The number of hydrogen-bond acceptors (Lipinski definition) is 2. The molecule has 0 aromatic heterocycles. The number of hydrogen-bond donors (Lipinski definition) is 0. The van der Waals surface area contributed by atoms with E-state index >= 15 is 0 Å². The van der Waals surface area contributed by atoms with Crippen molar-refractivity contribution in [1.29, 1.82) is 0 Å². The van der Waals surface area contributed by atoms with Crippen LogP contribution >= 0.6 is 11.6 Å². The predicted molar refractivity (Wildman–Crippen MR) is 55.6 cm³/mol. The summed E-state index contributed by atoms with van der Waals surface area (Å²) >= 11 is 5.90. The molecule has 0 unspecified atom stereocenters. The van der Waals surface area contributed by atoms with Gasteiger partial charge in [-0.2, -0.15) is 0 Å². The van der Waals surface area contributed by atoms with Crippen LogP contribution < -0.4 is 4.74 Å². The fourth-order valence-electron chi connectivity index (χ4n) is 1.17. The van der Waals surface area contributed by atoms with Crippen molar-refractivity contribution in [1.82, 2.24) is 0 Å². The van der Waals surface area contributed by atoms with Gasteiger partial charge in [0.15, 0.2) is 6.79 Å². The Morgan fingerprint density at radius 3 is 2.79 bits per heavy atom. The van der Waals surface area contributed by atoms with E-state index in [0.717, 1.165) is 12.5 Å². The second kappa shape index (κ2) is 4.67. The molecule has 0 amide bonds. The lowest BCUT2D eigenvalue weighted by atomic mass is 10.3. The molecule has 0 aliphatic heterocycles. The minimum absolute atomic E-state index is 0.292. The molecule has 3 heteroatoms. The monoisotopic (exact) mass is 212 g/mol. The minimum Gasteiger partial charge on any atom is -0.466 e. The zero-order valence-electron chi connectivity index (χ0n) is 7.91. The first kappa shape index (κ1) is 9.81. The summed E-state index contributed by atoms with van der Waals surface area (Å²) in [5, 5.41) is 0.627. The molecule has 0 heterocycles. The number of ether oxygens (including phenoxy) is 2. The Bertz CT molecular complexity index is 297. The largest absolute Gasteiger partial charge is 0.466 e. The summed E-state index contributed by atoms with van der Waals surface area (Å²) in [6.07, 6.45) is 2.60. The first-order valence-corrected chi connectivity index (χ1v) is 5.19. The third kappa shape index (κ3) is 2.89. The molecule has 1 fully saturated rings. The Hall–Kier alpha value is -0.730. The van der Waals surface area contributed by atoms with Crippen LogP contribution in [0.15, 0.2) is 24.3 Å². The van der Waals surface area contributed by atoms with Crippen molar-refractivity contribution in [2.75, 3.05) is 13.4 Å². The van der Waals surface area contributed by atoms with E-state index in [2.05, 4.69) is 0 Å². The van der Waals surface area contributed by atoms with E-state index in [-0.39, 0.29) is 0 Å². The molecule has 2 nitrogen and oxygen atoms in total. The zero-order valence-corrected chi connectivity index (χ0v) is 8.67. The fourth-order valence-corrected chi connectivity index (χ4v) is 1.36. The van der Waals surface area contributed by atoms with Crippen molar-refractivity contribution in [3.8, 4) is 5.75 Å². The molecule has 1 aromatic rings. The molecular formula is C11H13ClO2. The van der Waals surface area contributed by atoms with Crippen LogP contribution in [0.3, 0.4) is 0 Å². The van der Waals surface area contributed by atoms with Crippen LogP contribution in [0.5, 0.6) is 5.75 Å². The maximum Gasteiger partial charge on any atom is 0.189 e. The zero-order chi connectivity index (χ0) is 9.80. The molecule has 0 atom stereocenters. The molecule has 0 N–H and O–H groups in total. The first-order chi connectivity index (χ1) is 6.86. The average Bonchev–Trinajstić information content (AvgIpc) is 2.99. The maximum atomic E-state index is 5.90. The molecule has 0 spiro atoms. The SMILES string of the molecule is Clc1ccccc1OCOCC1CC1. The Labute approximate surface area is 88.8 Å². The van der Waals surface area contributed by atoms with Crippen LogP contribution in [0.1, 0.15) is 12.8 Å². The van der Waals surface area contributed by atoms with Gasteiger partial charge in [0.25, 0.3) is 0 Å². The Morgan fingerprint density at radius 2 is 2.07 bits per heavy atom. The van der Waals surface area contributed by atoms with Gasteiger partial charge < -0.3 is 9.47 Å². The van der Waals surface area contributed by atoms with Crippen LogP contribution in [-0.2, 0) is 4.74 Å². The summed E-state index contributed by atoms with van der Waals surface area (Å²) in [6, 6.07) is 7.41. The lowest BCUT2D eigenvalue weighted by Crippen LogP contribution is -2.05. The van der Waals surface area contributed by atoms with Crippen molar-refractivity contribution in [3.05, 3.63) is 29.3 Å². The Kier molecular flexibility index (Phi) is 3.27. The third-order valence-electron chi connectivity index (χ3n) is 2.18. The second-order valence-corrected chi connectivity index (χ2v) is 3.91. The Morgan fingerprint density at radius 1 is 1.29 bits per heavy atom. The first-order valence-electron chi connectivity index (χ1n) is 4.81. The van der Waals surface area contributed by atoms with Gasteiger partial charge >= 0.3 is 0 Å². The lowest BCUT2D eigenvalue weighted by molar-refractivity contribution is 0.0100. The number of benzene rings is 1. The highest BCUT2D eigenvalue weighted by Gasteiger charge is 2.21. The van der Waals surface area contributed by atoms with Gasteiger partial charge in [-0.05, 0) is 30.9 Å². The molecule has 0 radical (unpaired) electrons. The van der Waals surface area contributed by atoms with Crippen molar-refractivity contribution in [2.45, 2.75) is 12.8 Å². The van der Waals surface area contributed by atoms with E-state index < -0.39 is 0 Å². The van der Waals surface area contributed by atoms with Crippen molar-refractivity contribution < 1.29 is 9.47 Å². The number of rotatable bonds is 5. The van der Waals surface area contributed by atoms with Gasteiger partial charge in [0.2, 0.25) is 0 Å². The summed E-state index contributed by atoms with van der Waals surface area (Å²) in [5.41, 5.74) is 0. The lowest BCUT2D eigenvalue weighted by Gasteiger charge is -2.07. The highest BCUT2D eigenvalue weighted by atomic mass is 35.5. The Balaban J connectivity index is 1.71. The van der Waals surface area contributed by atoms with Crippen molar-refractivity contribution >= 4 is 11.6 Å². The third-order valence-corrected chi connectivity index (χ3v) is 2.50. The number of para-hydroxylation sites is 1. The van der Waals surface area contributed by atoms with E-state index in [0.29, 0.717) is 17.6 Å². The molecule has 0 bridgehead atoms. The summed E-state index contributed by atoms with van der Waals surface area (Å²) in [5.74, 6) is 1.45. The second-order valence-electron chi connectivity index (χ2n) is 3.51. The molecule has 1 saturated carbocycles. The summed E-state index contributed by atoms with van der Waals surface area (Å²) < 4.78 is 10.7. The van der Waals surface area contributed by atoms with E-state index in [1.807, 2.05) is 18.2 Å². The molecule has 0 saturated heterocycles. The fraction of sp³-hybridized carbons (Fsp3) is 0.455. The molecule has 1 aliphatic rings. The normalized spacial score (nSPS) is 15.5.